The number of nitrogens with zero attached hydrogens (tertiary/aromatic N) is 4. The molecule has 3 heterocycles. The highest BCUT2D eigenvalue weighted by Crippen LogP contribution is 2.24. The number of carbonyl (C=O) groups is 2. The molecule has 0 bridgehead atoms. The monoisotopic (exact) mass is 380 g/mol. The third-order valence-corrected chi connectivity index (χ3v) is 4.60. The summed E-state index contributed by atoms with van der Waals surface area (Å²) in [6, 6.07) is 1.95. The van der Waals surface area contributed by atoms with Crippen molar-refractivity contribution in [2.75, 3.05) is 13.1 Å². The predicted octanol–water partition coefficient (Wildman–Crippen LogP) is 2.16. The number of hydrogen-bond acceptors (Lipinski definition) is 3. The van der Waals surface area contributed by atoms with Crippen LogP contribution in [0.5, 0.6) is 0 Å². The van der Waals surface area contributed by atoms with E-state index in [0.29, 0.717) is 18.8 Å². The minimum absolute atomic E-state index is 0.0170. The highest BCUT2D eigenvalue weighted by Gasteiger charge is 2.26. The van der Waals surface area contributed by atoms with Gasteiger partial charge in [0.25, 0.3) is 5.91 Å². The fourth-order valence-corrected chi connectivity index (χ4v) is 3.40. The summed E-state index contributed by atoms with van der Waals surface area (Å²) in [5, 5.41) is 13.1. The number of rotatable bonds is 3. The van der Waals surface area contributed by atoms with Gasteiger partial charge in [0.15, 0.2) is 0 Å². The van der Waals surface area contributed by atoms with E-state index in [-0.39, 0.29) is 17.5 Å². The van der Waals surface area contributed by atoms with Crippen LogP contribution in [0.15, 0.2) is 29.1 Å². The lowest BCUT2D eigenvalue weighted by Crippen LogP contribution is -2.39. The van der Waals surface area contributed by atoms with E-state index in [1.807, 2.05) is 28.8 Å². The first-order valence-electron chi connectivity index (χ1n) is 7.34. The van der Waals surface area contributed by atoms with Crippen LogP contribution in [0.4, 0.5) is 0 Å². The second kappa shape index (κ2) is 6.19. The van der Waals surface area contributed by atoms with Crippen molar-refractivity contribution in [3.8, 4) is 0 Å². The zero-order valence-electron chi connectivity index (χ0n) is 12.6. The summed E-state index contributed by atoms with van der Waals surface area (Å²) >= 11 is 3.38. The van der Waals surface area contributed by atoms with Crippen LogP contribution in [-0.2, 0) is 7.05 Å². The molecule has 2 aromatic rings. The van der Waals surface area contributed by atoms with Gasteiger partial charge in [-0.15, -0.1) is 0 Å². The number of piperidine rings is 1. The molecule has 3 rings (SSSR count). The molecule has 7 nitrogen and oxygen atoms in total. The van der Waals surface area contributed by atoms with Gasteiger partial charge in [-0.25, -0.2) is 4.79 Å². The summed E-state index contributed by atoms with van der Waals surface area (Å²) in [4.78, 5) is 25.3. The number of carboxylic acids is 1. The van der Waals surface area contributed by atoms with Gasteiger partial charge >= 0.3 is 5.97 Å². The third-order valence-electron chi connectivity index (χ3n) is 4.16. The van der Waals surface area contributed by atoms with Crippen molar-refractivity contribution in [2.24, 2.45) is 7.05 Å². The van der Waals surface area contributed by atoms with Crippen LogP contribution in [0, 0.1) is 0 Å². The molecule has 122 valence electrons. The first-order chi connectivity index (χ1) is 11.0. The van der Waals surface area contributed by atoms with Gasteiger partial charge in [0.05, 0.1) is 17.8 Å². The SMILES string of the molecule is Cn1cc(Br)cc1C(=O)N1CCC(n2cc(C(=O)O)cn2)CC1. The first-order valence-corrected chi connectivity index (χ1v) is 8.13. The molecule has 8 heteroatoms. The number of halogens is 1. The predicted molar refractivity (Wildman–Crippen MR) is 86.5 cm³/mol. The Balaban J connectivity index is 1.65. The maximum Gasteiger partial charge on any atom is 0.338 e. The Morgan fingerprint density at radius 2 is 2.00 bits per heavy atom. The average Bonchev–Trinajstić information content (AvgIpc) is 3.13. The molecule has 0 radical (unpaired) electrons. The number of aromatic carboxylic acids is 1. The fourth-order valence-electron chi connectivity index (χ4n) is 2.88. The second-order valence-electron chi connectivity index (χ2n) is 5.69. The standard InChI is InChI=1S/C15H17BrN4O3/c1-18-9-11(16)6-13(18)14(21)19-4-2-12(3-5-19)20-8-10(7-17-20)15(22)23/h6-9,12H,2-5H2,1H3,(H,22,23). The summed E-state index contributed by atoms with van der Waals surface area (Å²) < 4.78 is 4.39. The summed E-state index contributed by atoms with van der Waals surface area (Å²) in [5.74, 6) is -0.957. The van der Waals surface area contributed by atoms with Gasteiger partial charge in [-0.05, 0) is 34.8 Å². The smallest absolute Gasteiger partial charge is 0.338 e. The number of carboxylic acid groups (broad SMARTS) is 1. The van der Waals surface area contributed by atoms with E-state index in [0.717, 1.165) is 17.3 Å². The van der Waals surface area contributed by atoms with Gasteiger partial charge in [0, 0.05) is 37.0 Å². The van der Waals surface area contributed by atoms with Crippen molar-refractivity contribution in [1.82, 2.24) is 19.2 Å². The molecular weight excluding hydrogens is 364 g/mol. The van der Waals surface area contributed by atoms with Crippen LogP contribution in [0.3, 0.4) is 0 Å². The molecule has 1 aliphatic heterocycles. The van der Waals surface area contributed by atoms with E-state index < -0.39 is 5.97 Å². The lowest BCUT2D eigenvalue weighted by atomic mass is 10.0. The number of hydrogen-bond donors (Lipinski definition) is 1. The fraction of sp³-hybridized carbons (Fsp3) is 0.400. The van der Waals surface area contributed by atoms with E-state index in [1.54, 1.807) is 10.9 Å². The van der Waals surface area contributed by atoms with Crippen LogP contribution in [0.25, 0.3) is 0 Å². The van der Waals surface area contributed by atoms with Crippen molar-refractivity contribution >= 4 is 27.8 Å². The molecule has 0 aliphatic carbocycles. The Bertz CT molecular complexity index is 744. The highest BCUT2D eigenvalue weighted by atomic mass is 79.9. The van der Waals surface area contributed by atoms with Crippen molar-refractivity contribution in [1.29, 1.82) is 0 Å². The maximum absolute atomic E-state index is 12.6. The zero-order chi connectivity index (χ0) is 16.6. The lowest BCUT2D eigenvalue weighted by molar-refractivity contribution is 0.0679. The normalized spacial score (nSPS) is 15.8. The molecule has 23 heavy (non-hydrogen) atoms. The Kier molecular flexibility index (Phi) is 4.25. The van der Waals surface area contributed by atoms with Gasteiger partial charge in [-0.3, -0.25) is 9.48 Å². The molecule has 1 amide bonds. The van der Waals surface area contributed by atoms with Crippen LogP contribution < -0.4 is 0 Å². The summed E-state index contributed by atoms with van der Waals surface area (Å²) in [6.07, 6.45) is 6.30. The minimum atomic E-state index is -0.974. The zero-order valence-corrected chi connectivity index (χ0v) is 14.2. The molecule has 0 saturated carbocycles. The maximum atomic E-state index is 12.6. The molecule has 1 saturated heterocycles. The van der Waals surface area contributed by atoms with Crippen molar-refractivity contribution in [3.05, 3.63) is 40.4 Å². The largest absolute Gasteiger partial charge is 0.478 e. The molecule has 0 atom stereocenters. The Morgan fingerprint density at radius 3 is 2.52 bits per heavy atom. The molecular formula is C15H17BrN4O3. The number of aryl methyl sites for hydroxylation is 1. The van der Waals surface area contributed by atoms with Crippen LogP contribution in [0.1, 0.15) is 39.7 Å². The van der Waals surface area contributed by atoms with E-state index in [2.05, 4.69) is 21.0 Å². The molecule has 1 fully saturated rings. The molecule has 0 unspecified atom stereocenters. The summed E-state index contributed by atoms with van der Waals surface area (Å²) in [5.41, 5.74) is 0.847. The van der Waals surface area contributed by atoms with Crippen LogP contribution in [-0.4, -0.2) is 49.3 Å². The summed E-state index contributed by atoms with van der Waals surface area (Å²) in [7, 11) is 1.85. The Labute approximate surface area is 141 Å². The quantitative estimate of drug-likeness (QED) is 0.884. The Hall–Kier alpha value is -2.09. The van der Waals surface area contributed by atoms with Gasteiger partial charge in [-0.2, -0.15) is 5.10 Å². The number of likely N-dealkylation sites (tertiary alicyclic amines) is 1. The Morgan fingerprint density at radius 1 is 1.30 bits per heavy atom. The van der Waals surface area contributed by atoms with E-state index in [4.69, 9.17) is 5.11 Å². The molecule has 0 spiro atoms. The van der Waals surface area contributed by atoms with Crippen molar-refractivity contribution < 1.29 is 14.7 Å². The molecule has 2 aromatic heterocycles. The van der Waals surface area contributed by atoms with Crippen molar-refractivity contribution in [3.63, 3.8) is 0 Å². The van der Waals surface area contributed by atoms with Gasteiger partial charge in [-0.1, -0.05) is 0 Å². The number of amides is 1. The van der Waals surface area contributed by atoms with Crippen LogP contribution >= 0.6 is 15.9 Å². The summed E-state index contributed by atoms with van der Waals surface area (Å²) in [6.45, 7) is 1.27. The van der Waals surface area contributed by atoms with Gasteiger partial charge in [0.2, 0.25) is 0 Å². The molecule has 1 N–H and O–H groups in total. The number of aromatic nitrogens is 3. The average molecular weight is 381 g/mol. The molecule has 1 aliphatic rings. The molecule has 0 aromatic carbocycles. The second-order valence-corrected chi connectivity index (χ2v) is 6.61. The van der Waals surface area contributed by atoms with E-state index in [1.165, 1.54) is 6.20 Å². The van der Waals surface area contributed by atoms with Crippen molar-refractivity contribution in [2.45, 2.75) is 18.9 Å². The van der Waals surface area contributed by atoms with E-state index in [9.17, 15) is 9.59 Å². The van der Waals surface area contributed by atoms with Crippen LogP contribution in [0.2, 0.25) is 0 Å². The third kappa shape index (κ3) is 3.17. The highest BCUT2D eigenvalue weighted by molar-refractivity contribution is 9.10. The lowest BCUT2D eigenvalue weighted by Gasteiger charge is -2.32. The topological polar surface area (TPSA) is 80.4 Å². The van der Waals surface area contributed by atoms with Gasteiger partial charge in [0.1, 0.15) is 5.69 Å². The first kappa shape index (κ1) is 15.8. The minimum Gasteiger partial charge on any atom is -0.478 e. The van der Waals surface area contributed by atoms with E-state index >= 15 is 0 Å². The number of carbonyl (C=O) groups excluding carboxylic acids is 1. The van der Waals surface area contributed by atoms with Gasteiger partial charge < -0.3 is 14.6 Å².